The van der Waals surface area contributed by atoms with Gasteiger partial charge in [-0.15, -0.1) is 0 Å². The SMILES string of the molecule is C/C(=N\NC(=O)CN1c2c(-c3ccccc3)n[nH]c2-c2ccccc2S1(=O)=O)c1ccc(C)o1. The Kier molecular flexibility index (Phi) is 5.29. The summed E-state index contributed by atoms with van der Waals surface area (Å²) in [4.78, 5) is 12.9. The molecule has 10 heteroatoms. The number of anilines is 1. The Morgan fingerprint density at radius 2 is 1.82 bits per heavy atom. The summed E-state index contributed by atoms with van der Waals surface area (Å²) < 4.78 is 33.8. The maximum Gasteiger partial charge on any atom is 0.265 e. The number of sulfonamides is 1. The first-order chi connectivity index (χ1) is 16.4. The molecule has 9 nitrogen and oxygen atoms in total. The molecular formula is C24H21N5O4S. The van der Waals surface area contributed by atoms with Crippen LogP contribution in [0.4, 0.5) is 5.69 Å². The number of rotatable bonds is 5. The number of amides is 1. The number of aryl methyl sites for hydroxylation is 1. The molecule has 3 heterocycles. The summed E-state index contributed by atoms with van der Waals surface area (Å²) in [5.74, 6) is 0.632. The zero-order chi connectivity index (χ0) is 23.9. The molecule has 0 radical (unpaired) electrons. The normalized spacial score (nSPS) is 14.4. The van der Waals surface area contributed by atoms with Crippen molar-refractivity contribution in [2.45, 2.75) is 18.7 Å². The zero-order valence-corrected chi connectivity index (χ0v) is 19.3. The van der Waals surface area contributed by atoms with E-state index >= 15 is 0 Å². The van der Waals surface area contributed by atoms with Crippen molar-refractivity contribution in [2.75, 3.05) is 10.8 Å². The number of hydrogen-bond donors (Lipinski definition) is 2. The maximum absolute atomic E-state index is 13.6. The van der Waals surface area contributed by atoms with Crippen LogP contribution in [-0.4, -0.2) is 36.8 Å². The lowest BCUT2D eigenvalue weighted by Crippen LogP contribution is -2.41. The third kappa shape index (κ3) is 3.67. The van der Waals surface area contributed by atoms with Gasteiger partial charge in [-0.3, -0.25) is 14.2 Å². The monoisotopic (exact) mass is 475 g/mol. The standard InChI is InChI=1S/C24H21N5O4S/c1-15-12-13-19(33-15)16(2)25-26-21(30)14-29-24-22(17-8-4-3-5-9-17)27-28-23(24)18-10-6-7-11-20(18)34(29,31)32/h3-13H,14H2,1-2H3,(H,26,30)(H,27,28)/b25-16+. The Morgan fingerprint density at radius 3 is 2.56 bits per heavy atom. The fraction of sp³-hybridized carbons (Fsp3) is 0.125. The Morgan fingerprint density at radius 1 is 1.09 bits per heavy atom. The number of carbonyl (C=O) groups is 1. The molecule has 1 aliphatic rings. The fourth-order valence-corrected chi connectivity index (χ4v) is 5.50. The van der Waals surface area contributed by atoms with Gasteiger partial charge in [0.2, 0.25) is 0 Å². The second kappa shape index (κ2) is 8.31. The van der Waals surface area contributed by atoms with Crippen molar-refractivity contribution in [3.05, 3.63) is 78.3 Å². The average molecular weight is 476 g/mol. The minimum Gasteiger partial charge on any atom is -0.460 e. The van der Waals surface area contributed by atoms with Gasteiger partial charge in [0.25, 0.3) is 15.9 Å². The smallest absolute Gasteiger partial charge is 0.265 e. The van der Waals surface area contributed by atoms with Crippen LogP contribution in [0.25, 0.3) is 22.5 Å². The Balaban J connectivity index is 1.53. The second-order valence-corrected chi connectivity index (χ2v) is 9.64. The van der Waals surface area contributed by atoms with E-state index in [0.29, 0.717) is 34.1 Å². The summed E-state index contributed by atoms with van der Waals surface area (Å²) in [5.41, 5.74) is 5.41. The molecule has 0 bridgehead atoms. The molecule has 0 aliphatic carbocycles. The first-order valence-corrected chi connectivity index (χ1v) is 12.0. The van der Waals surface area contributed by atoms with Gasteiger partial charge < -0.3 is 4.42 Å². The Bertz CT molecular complexity index is 1510. The van der Waals surface area contributed by atoms with Gasteiger partial charge in [-0.05, 0) is 32.0 Å². The van der Waals surface area contributed by atoms with Crippen LogP contribution in [0.1, 0.15) is 18.4 Å². The van der Waals surface area contributed by atoms with Crippen molar-refractivity contribution in [2.24, 2.45) is 5.10 Å². The molecule has 0 spiro atoms. The number of aromatic nitrogens is 2. The molecule has 0 saturated heterocycles. The third-order valence-electron chi connectivity index (χ3n) is 5.49. The van der Waals surface area contributed by atoms with Crippen molar-refractivity contribution in [3.63, 3.8) is 0 Å². The molecule has 0 unspecified atom stereocenters. The summed E-state index contributed by atoms with van der Waals surface area (Å²) in [6.45, 7) is 3.02. The number of hydrazone groups is 1. The first kappa shape index (κ1) is 21.7. The minimum atomic E-state index is -4.03. The zero-order valence-electron chi connectivity index (χ0n) is 18.4. The van der Waals surface area contributed by atoms with Crippen molar-refractivity contribution in [3.8, 4) is 22.5 Å². The number of hydrogen-bond acceptors (Lipinski definition) is 6. The van der Waals surface area contributed by atoms with Gasteiger partial charge in [-0.2, -0.15) is 10.2 Å². The molecule has 1 aliphatic heterocycles. The Hall–Kier alpha value is -4.18. The molecule has 0 saturated carbocycles. The van der Waals surface area contributed by atoms with E-state index in [0.717, 1.165) is 15.6 Å². The van der Waals surface area contributed by atoms with Gasteiger partial charge in [0, 0.05) is 11.1 Å². The number of H-pyrrole nitrogens is 1. The lowest BCUT2D eigenvalue weighted by molar-refractivity contribution is -0.119. The van der Waals surface area contributed by atoms with Crippen molar-refractivity contribution < 1.29 is 17.6 Å². The van der Waals surface area contributed by atoms with Crippen LogP contribution in [0.3, 0.4) is 0 Å². The predicted molar refractivity (Wildman–Crippen MR) is 128 cm³/mol. The van der Waals surface area contributed by atoms with Gasteiger partial charge in [0.05, 0.1) is 10.6 Å². The topological polar surface area (TPSA) is 121 Å². The van der Waals surface area contributed by atoms with Crippen molar-refractivity contribution >= 4 is 27.3 Å². The molecule has 172 valence electrons. The van der Waals surface area contributed by atoms with Crippen molar-refractivity contribution in [1.82, 2.24) is 15.6 Å². The number of benzene rings is 2. The fourth-order valence-electron chi connectivity index (χ4n) is 3.86. The van der Waals surface area contributed by atoms with E-state index in [1.165, 1.54) is 6.07 Å². The van der Waals surface area contributed by atoms with E-state index in [9.17, 15) is 13.2 Å². The highest BCUT2D eigenvalue weighted by molar-refractivity contribution is 7.93. The minimum absolute atomic E-state index is 0.101. The lowest BCUT2D eigenvalue weighted by atomic mass is 10.1. The van der Waals surface area contributed by atoms with Crippen LogP contribution in [0.5, 0.6) is 0 Å². The summed E-state index contributed by atoms with van der Waals surface area (Å²) in [6.07, 6.45) is 0. The highest BCUT2D eigenvalue weighted by atomic mass is 32.2. The molecule has 0 fully saturated rings. The van der Waals surface area contributed by atoms with Crippen LogP contribution in [0.2, 0.25) is 0 Å². The Labute approximate surface area is 196 Å². The molecule has 2 N–H and O–H groups in total. The van der Waals surface area contributed by atoms with E-state index in [2.05, 4.69) is 20.7 Å². The van der Waals surface area contributed by atoms with Crippen LogP contribution < -0.4 is 9.73 Å². The molecule has 5 rings (SSSR count). The maximum atomic E-state index is 13.6. The van der Waals surface area contributed by atoms with Gasteiger partial charge in [-0.1, -0.05) is 48.5 Å². The quantitative estimate of drug-likeness (QED) is 0.337. The van der Waals surface area contributed by atoms with Gasteiger partial charge >= 0.3 is 0 Å². The molecule has 1 amide bonds. The molecule has 4 aromatic rings. The highest BCUT2D eigenvalue weighted by Crippen LogP contribution is 2.46. The molecular weight excluding hydrogens is 454 g/mol. The molecule has 0 atom stereocenters. The largest absolute Gasteiger partial charge is 0.460 e. The van der Waals surface area contributed by atoms with Crippen LogP contribution in [0.15, 0.2) is 81.1 Å². The van der Waals surface area contributed by atoms with E-state index in [1.54, 1.807) is 44.2 Å². The van der Waals surface area contributed by atoms with Crippen LogP contribution >= 0.6 is 0 Å². The summed E-state index contributed by atoms with van der Waals surface area (Å²) in [7, 11) is -4.03. The van der Waals surface area contributed by atoms with E-state index < -0.39 is 22.5 Å². The van der Waals surface area contributed by atoms with Gasteiger partial charge in [0.1, 0.15) is 35.2 Å². The number of furan rings is 1. The van der Waals surface area contributed by atoms with Gasteiger partial charge in [0.15, 0.2) is 0 Å². The predicted octanol–water partition coefficient (Wildman–Crippen LogP) is 3.69. The molecule has 2 aromatic carbocycles. The van der Waals surface area contributed by atoms with Gasteiger partial charge in [-0.25, -0.2) is 13.8 Å². The van der Waals surface area contributed by atoms with E-state index in [-0.39, 0.29) is 4.90 Å². The number of nitrogens with one attached hydrogen (secondary N) is 2. The summed E-state index contributed by atoms with van der Waals surface area (Å²) in [5, 5.41) is 11.4. The lowest BCUT2D eigenvalue weighted by Gasteiger charge is -2.29. The van der Waals surface area contributed by atoms with E-state index in [4.69, 9.17) is 4.42 Å². The number of aromatic amines is 1. The molecule has 34 heavy (non-hydrogen) atoms. The summed E-state index contributed by atoms with van der Waals surface area (Å²) in [6, 6.07) is 19.4. The highest BCUT2D eigenvalue weighted by Gasteiger charge is 2.39. The number of nitrogens with zero attached hydrogens (tertiary/aromatic N) is 3. The molecule has 2 aromatic heterocycles. The first-order valence-electron chi connectivity index (χ1n) is 10.5. The average Bonchev–Trinajstić information content (AvgIpc) is 3.48. The number of fused-ring (bicyclic) bond motifs is 3. The number of carbonyl (C=O) groups excluding carboxylic acids is 1. The van der Waals surface area contributed by atoms with Crippen LogP contribution in [-0.2, 0) is 14.8 Å². The third-order valence-corrected chi connectivity index (χ3v) is 7.30. The van der Waals surface area contributed by atoms with E-state index in [1.807, 2.05) is 30.3 Å². The van der Waals surface area contributed by atoms with Crippen LogP contribution in [0, 0.1) is 6.92 Å². The second-order valence-electron chi connectivity index (χ2n) is 7.81. The van der Waals surface area contributed by atoms with Crippen molar-refractivity contribution in [1.29, 1.82) is 0 Å². The summed E-state index contributed by atoms with van der Waals surface area (Å²) >= 11 is 0.